The van der Waals surface area contributed by atoms with Gasteiger partial charge in [-0.3, -0.25) is 14.1 Å². The van der Waals surface area contributed by atoms with Crippen LogP contribution in [0.2, 0.25) is 5.02 Å². The topological polar surface area (TPSA) is 59.0 Å². The maximum Gasteiger partial charge on any atom is 0.208 e. The molecular formula is C28H24ClF2NO4S. The van der Waals surface area contributed by atoms with Gasteiger partial charge in [-0.25, -0.2) is 4.39 Å². The highest BCUT2D eigenvalue weighted by Crippen LogP contribution is 2.43. The number of fused-ring (bicyclic) bond motifs is 1. The lowest BCUT2D eigenvalue weighted by Crippen LogP contribution is -2.49. The molecule has 0 aliphatic carbocycles. The van der Waals surface area contributed by atoms with E-state index in [9.17, 15) is 18.7 Å². The number of halogens is 3. The zero-order chi connectivity index (χ0) is 26.1. The summed E-state index contributed by atoms with van der Waals surface area (Å²) in [7, 11) is 0. The molecule has 0 amide bonds. The quantitative estimate of drug-likeness (QED) is 0.230. The number of carbonyl (C=O) groups is 1. The average Bonchev–Trinajstić information content (AvgIpc) is 3.18. The van der Waals surface area contributed by atoms with Gasteiger partial charge in [-0.15, -0.1) is 11.3 Å². The van der Waals surface area contributed by atoms with Gasteiger partial charge in [-0.1, -0.05) is 11.6 Å². The van der Waals surface area contributed by atoms with E-state index < -0.39 is 5.82 Å². The molecule has 1 fully saturated rings. The first-order valence-electron chi connectivity index (χ1n) is 11.8. The van der Waals surface area contributed by atoms with Crippen molar-refractivity contribution in [2.45, 2.75) is 6.92 Å². The first-order valence-corrected chi connectivity index (χ1v) is 13.0. The van der Waals surface area contributed by atoms with Crippen molar-refractivity contribution >= 4 is 38.8 Å². The monoisotopic (exact) mass is 543 g/mol. The van der Waals surface area contributed by atoms with Crippen LogP contribution >= 0.6 is 22.9 Å². The fraction of sp³-hybridized carbons (Fsp3) is 0.250. The number of thiophene rings is 1. The molecule has 0 radical (unpaired) electrons. The van der Waals surface area contributed by atoms with Gasteiger partial charge < -0.3 is 14.6 Å². The lowest BCUT2D eigenvalue weighted by atomic mass is 10.0. The predicted octanol–water partition coefficient (Wildman–Crippen LogP) is 7.01. The molecule has 0 bridgehead atoms. The van der Waals surface area contributed by atoms with Gasteiger partial charge in [-0.2, -0.15) is 0 Å². The normalized spacial score (nSPS) is 14.1. The number of benzene rings is 3. The third-order valence-corrected chi connectivity index (χ3v) is 7.72. The standard InChI is InChI=1S/C28H24ClF2NO4S/c1-16-10-18(31)11-23(29)25(16)26(34)28-27(22-7-2-19(33)12-24(22)37-28)36-21-5-3-20(4-6-21)35-9-8-32-14-17(13-30)15-32/h2-7,10-12,17,33H,8-9,13-15H2,1H3. The Morgan fingerprint density at radius 1 is 1.14 bits per heavy atom. The second-order valence-electron chi connectivity index (χ2n) is 9.05. The van der Waals surface area contributed by atoms with Gasteiger partial charge in [0.05, 0.1) is 11.7 Å². The van der Waals surface area contributed by atoms with E-state index in [0.717, 1.165) is 25.7 Å². The lowest BCUT2D eigenvalue weighted by Gasteiger charge is -2.37. The number of nitrogens with zero attached hydrogens (tertiary/aromatic N) is 1. The van der Waals surface area contributed by atoms with Crippen molar-refractivity contribution in [3.63, 3.8) is 0 Å². The van der Waals surface area contributed by atoms with Gasteiger partial charge in [0.15, 0.2) is 5.75 Å². The van der Waals surface area contributed by atoms with E-state index in [-0.39, 0.29) is 34.7 Å². The predicted molar refractivity (Wildman–Crippen MR) is 141 cm³/mol. The summed E-state index contributed by atoms with van der Waals surface area (Å²) < 4.78 is 39.0. The largest absolute Gasteiger partial charge is 0.508 e. The van der Waals surface area contributed by atoms with Gasteiger partial charge in [-0.05, 0) is 67.1 Å². The molecule has 1 aliphatic heterocycles. The minimum Gasteiger partial charge on any atom is -0.508 e. The maximum absolute atomic E-state index is 13.8. The van der Waals surface area contributed by atoms with Gasteiger partial charge in [0.2, 0.25) is 5.78 Å². The number of aryl methyl sites for hydroxylation is 1. The number of ether oxygens (including phenoxy) is 2. The van der Waals surface area contributed by atoms with Crippen LogP contribution in [0.4, 0.5) is 8.78 Å². The van der Waals surface area contributed by atoms with Crippen LogP contribution in [0.25, 0.3) is 10.1 Å². The van der Waals surface area contributed by atoms with Crippen LogP contribution in [0.1, 0.15) is 20.8 Å². The third kappa shape index (κ3) is 5.42. The fourth-order valence-corrected chi connectivity index (χ4v) is 5.84. The Morgan fingerprint density at radius 2 is 1.86 bits per heavy atom. The minimum absolute atomic E-state index is 0.0219. The summed E-state index contributed by atoms with van der Waals surface area (Å²) in [5, 5.41) is 10.6. The Hall–Kier alpha value is -3.20. The van der Waals surface area contributed by atoms with E-state index in [1.807, 2.05) is 0 Å². The molecule has 5 rings (SSSR count). The molecule has 0 saturated carbocycles. The van der Waals surface area contributed by atoms with Crippen molar-refractivity contribution in [1.29, 1.82) is 0 Å². The highest BCUT2D eigenvalue weighted by Gasteiger charge is 2.27. The summed E-state index contributed by atoms with van der Waals surface area (Å²) >= 11 is 7.42. The molecule has 1 aliphatic rings. The van der Waals surface area contributed by atoms with Gasteiger partial charge in [0, 0.05) is 41.2 Å². The molecule has 37 heavy (non-hydrogen) atoms. The summed E-state index contributed by atoms with van der Waals surface area (Å²) in [6, 6.07) is 14.2. The van der Waals surface area contributed by atoms with Crippen molar-refractivity contribution in [2.75, 3.05) is 32.9 Å². The summed E-state index contributed by atoms with van der Waals surface area (Å²) in [5.41, 5.74) is 0.619. The maximum atomic E-state index is 13.8. The van der Waals surface area contributed by atoms with Crippen LogP contribution < -0.4 is 9.47 Å². The Morgan fingerprint density at radius 3 is 2.57 bits per heavy atom. The highest BCUT2D eigenvalue weighted by molar-refractivity contribution is 7.21. The van der Waals surface area contributed by atoms with E-state index in [1.54, 1.807) is 43.3 Å². The second kappa shape index (κ2) is 10.7. The number of hydrogen-bond acceptors (Lipinski definition) is 6. The molecular weight excluding hydrogens is 520 g/mol. The number of likely N-dealkylation sites (tertiary alicyclic amines) is 1. The molecule has 4 aromatic rings. The molecule has 5 nitrogen and oxygen atoms in total. The summed E-state index contributed by atoms with van der Waals surface area (Å²) in [6.45, 7) is 4.12. The van der Waals surface area contributed by atoms with Crippen LogP contribution in [0.3, 0.4) is 0 Å². The summed E-state index contributed by atoms with van der Waals surface area (Å²) in [5.74, 6) is 0.791. The van der Waals surface area contributed by atoms with E-state index in [4.69, 9.17) is 21.1 Å². The third-order valence-electron chi connectivity index (χ3n) is 6.28. The zero-order valence-electron chi connectivity index (χ0n) is 20.0. The van der Waals surface area contributed by atoms with Crippen molar-refractivity contribution in [1.82, 2.24) is 4.90 Å². The molecule has 0 unspecified atom stereocenters. The van der Waals surface area contributed by atoms with Crippen molar-refractivity contribution in [3.05, 3.63) is 81.4 Å². The molecule has 9 heteroatoms. The molecule has 192 valence electrons. The Bertz CT molecular complexity index is 1430. The second-order valence-corrected chi connectivity index (χ2v) is 10.5. The zero-order valence-corrected chi connectivity index (χ0v) is 21.5. The van der Waals surface area contributed by atoms with Gasteiger partial charge in [0.25, 0.3) is 0 Å². The lowest BCUT2D eigenvalue weighted by molar-refractivity contribution is 0.0668. The Balaban J connectivity index is 1.37. The summed E-state index contributed by atoms with van der Waals surface area (Å²) in [4.78, 5) is 16.0. The Kier molecular flexibility index (Phi) is 7.33. The minimum atomic E-state index is -0.520. The molecule has 2 heterocycles. The number of aromatic hydroxyl groups is 1. The number of carbonyl (C=O) groups excluding carboxylic acids is 1. The van der Waals surface area contributed by atoms with Crippen LogP contribution in [0.5, 0.6) is 23.0 Å². The van der Waals surface area contributed by atoms with Crippen molar-refractivity contribution in [3.8, 4) is 23.0 Å². The van der Waals surface area contributed by atoms with Crippen LogP contribution in [0, 0.1) is 18.7 Å². The average molecular weight is 544 g/mol. The number of hydrogen-bond donors (Lipinski definition) is 1. The number of alkyl halides is 1. The van der Waals surface area contributed by atoms with Crippen molar-refractivity contribution < 1.29 is 28.2 Å². The Labute approximate surface area is 221 Å². The highest BCUT2D eigenvalue weighted by atomic mass is 35.5. The van der Waals surface area contributed by atoms with Crippen molar-refractivity contribution in [2.24, 2.45) is 5.92 Å². The van der Waals surface area contributed by atoms with E-state index in [1.165, 1.54) is 23.5 Å². The number of ketones is 1. The van der Waals surface area contributed by atoms with Crippen LogP contribution in [-0.4, -0.2) is 48.7 Å². The number of rotatable bonds is 9. The van der Waals surface area contributed by atoms with Gasteiger partial charge >= 0.3 is 0 Å². The smallest absolute Gasteiger partial charge is 0.208 e. The number of phenols is 1. The number of phenolic OH excluding ortho intramolecular Hbond substituents is 1. The molecule has 1 aromatic heterocycles. The van der Waals surface area contributed by atoms with Gasteiger partial charge in [0.1, 0.15) is 34.5 Å². The SMILES string of the molecule is Cc1cc(F)cc(Cl)c1C(=O)c1sc2cc(O)ccc2c1Oc1ccc(OCCN2CC(CF)C2)cc1. The molecule has 0 spiro atoms. The fourth-order valence-electron chi connectivity index (χ4n) is 4.39. The molecule has 1 saturated heterocycles. The summed E-state index contributed by atoms with van der Waals surface area (Å²) in [6.07, 6.45) is 0. The van der Waals surface area contributed by atoms with E-state index in [0.29, 0.717) is 44.4 Å². The first-order chi connectivity index (χ1) is 17.8. The molecule has 1 N–H and O–H groups in total. The van der Waals surface area contributed by atoms with E-state index >= 15 is 0 Å². The molecule has 3 aromatic carbocycles. The van der Waals surface area contributed by atoms with E-state index in [2.05, 4.69) is 4.90 Å². The first kappa shape index (κ1) is 25.4. The van der Waals surface area contributed by atoms with Crippen LogP contribution in [0.15, 0.2) is 54.6 Å². The van der Waals surface area contributed by atoms with Crippen LogP contribution in [-0.2, 0) is 0 Å². The molecule has 0 atom stereocenters.